The highest BCUT2D eigenvalue weighted by Gasteiger charge is 2.38. The van der Waals surface area contributed by atoms with Gasteiger partial charge in [-0.2, -0.15) is 0 Å². The largest absolute Gasteiger partial charge is 0.327 e. The molecule has 12 rings (SSSR count). The Morgan fingerprint density at radius 2 is 0.604 bits per heavy atom. The topological polar surface area (TPSA) is 246 Å². The molecule has 4 aliphatic rings. The van der Waals surface area contributed by atoms with Gasteiger partial charge >= 0.3 is 0 Å². The lowest BCUT2D eigenvalue weighted by atomic mass is 10.1. The van der Waals surface area contributed by atoms with Crippen molar-refractivity contribution in [1.82, 2.24) is 19.6 Å². The summed E-state index contributed by atoms with van der Waals surface area (Å²) in [6.07, 6.45) is 13.4. The summed E-state index contributed by atoms with van der Waals surface area (Å²) in [7, 11) is 0. The standard InChI is InChI=1S/C39H37N7O4.C38H36N4O4/c1-26-6-14-29(15-7-26)38(49)45-24-2-4-34(45)36(47)41-31-18-10-27(11-19-31)8-9-28-12-20-32(21-13-28)42-37(48)35-5-3-25-46(35)39(50)30-16-22-33(23-17-30)43-44-40;43-35(33-13-7-25-41(33)37(45)29-9-3-1-4-10-29)39-31-21-17-27(18-22-31)15-16-28-19-23-32(24-20-28)40-36(44)34-14-8-26-42(34)38(46)30-11-5-2-6-12-30/h6-23,34-35H,2-5,24-25H2,1H3,(H,41,47)(H,42,48);1-6,9-12,15-24,33-34H,7-8,13-14,25-26H2,(H,39,43)(H,40,44)/b9-8+;16-15+/t34-,35-;33-,34-/m00/s1. The number of likely N-dealkylation sites (tertiary alicyclic amines) is 4. The van der Waals surface area contributed by atoms with E-state index in [1.54, 1.807) is 80.3 Å². The zero-order chi connectivity index (χ0) is 66.9. The number of hydrogen-bond acceptors (Lipinski definition) is 9. The van der Waals surface area contributed by atoms with Crippen LogP contribution < -0.4 is 21.3 Å². The molecule has 8 aromatic carbocycles. The zero-order valence-corrected chi connectivity index (χ0v) is 53.1. The fourth-order valence-corrected chi connectivity index (χ4v) is 12.4. The number of rotatable bonds is 17. The smallest absolute Gasteiger partial charge is 0.254 e. The second-order valence-electron chi connectivity index (χ2n) is 24.1. The predicted molar refractivity (Wildman–Crippen MR) is 374 cm³/mol. The summed E-state index contributed by atoms with van der Waals surface area (Å²) in [6, 6.07) is 59.9. The molecule has 4 atom stereocenters. The van der Waals surface area contributed by atoms with Gasteiger partial charge in [-0.1, -0.05) is 144 Å². The number of hydrogen-bond donors (Lipinski definition) is 4. The Bertz CT molecular complexity index is 4090. The molecule has 0 aromatic heterocycles. The van der Waals surface area contributed by atoms with Crippen LogP contribution in [0.2, 0.25) is 0 Å². The number of amides is 8. The molecule has 8 amide bonds. The van der Waals surface area contributed by atoms with Crippen molar-refractivity contribution in [2.75, 3.05) is 47.4 Å². The van der Waals surface area contributed by atoms with Crippen LogP contribution in [0.4, 0.5) is 28.4 Å². The molecule has 484 valence electrons. The van der Waals surface area contributed by atoms with Crippen molar-refractivity contribution in [1.29, 1.82) is 0 Å². The molecule has 4 saturated heterocycles. The molecule has 0 spiro atoms. The second kappa shape index (κ2) is 31.3. The minimum atomic E-state index is -0.579. The van der Waals surface area contributed by atoms with Crippen LogP contribution in [0.15, 0.2) is 211 Å². The number of nitrogens with zero attached hydrogens (tertiary/aromatic N) is 7. The van der Waals surface area contributed by atoms with E-state index in [1.165, 1.54) is 0 Å². The summed E-state index contributed by atoms with van der Waals surface area (Å²) in [6.45, 7) is 4.15. The number of benzene rings is 8. The summed E-state index contributed by atoms with van der Waals surface area (Å²) >= 11 is 0. The zero-order valence-electron chi connectivity index (χ0n) is 53.1. The van der Waals surface area contributed by atoms with E-state index >= 15 is 0 Å². The Labute approximate surface area is 557 Å². The lowest BCUT2D eigenvalue weighted by Gasteiger charge is -2.24. The Morgan fingerprint density at radius 1 is 0.354 bits per heavy atom. The summed E-state index contributed by atoms with van der Waals surface area (Å²) < 4.78 is 0. The first-order valence-electron chi connectivity index (χ1n) is 32.3. The lowest BCUT2D eigenvalue weighted by Crippen LogP contribution is -2.43. The predicted octanol–water partition coefficient (Wildman–Crippen LogP) is 13.9. The van der Waals surface area contributed by atoms with Crippen molar-refractivity contribution < 1.29 is 38.4 Å². The van der Waals surface area contributed by atoms with E-state index in [9.17, 15) is 38.4 Å². The van der Waals surface area contributed by atoms with Crippen molar-refractivity contribution >= 4 is 100.0 Å². The quantitative estimate of drug-likeness (QED) is 0.0295. The SMILES string of the molecule is Cc1ccc(C(=O)N2CCC[C@H]2C(=O)Nc2ccc(/C=C/c3ccc(NC(=O)[C@@H]4CCCN4C(=O)c4ccc(N=[N+]=[N-])cc4)cc3)cc2)cc1.O=C(Nc1ccc(/C=C/c2ccc(NC(=O)[C@@H]3CCCN3C(=O)c3ccccc3)cc2)cc1)[C@@H]1CCCN1C(=O)c1ccccc1. The first-order chi connectivity index (χ1) is 46.7. The Morgan fingerprint density at radius 3 is 0.865 bits per heavy atom. The third-order valence-electron chi connectivity index (χ3n) is 17.5. The van der Waals surface area contributed by atoms with Gasteiger partial charge < -0.3 is 40.9 Å². The molecule has 4 N–H and O–H groups in total. The molecule has 96 heavy (non-hydrogen) atoms. The van der Waals surface area contributed by atoms with Gasteiger partial charge in [0.15, 0.2) is 0 Å². The number of carbonyl (C=O) groups is 8. The molecule has 0 bridgehead atoms. The first kappa shape index (κ1) is 65.8. The number of nitrogens with one attached hydrogen (secondary N) is 4. The van der Waals surface area contributed by atoms with Gasteiger partial charge in [-0.15, -0.1) is 0 Å². The van der Waals surface area contributed by atoms with Crippen molar-refractivity contribution in [3.63, 3.8) is 0 Å². The summed E-state index contributed by atoms with van der Waals surface area (Å²) in [4.78, 5) is 114. The molecule has 8 aromatic rings. The van der Waals surface area contributed by atoms with Gasteiger partial charge in [0.1, 0.15) is 24.2 Å². The van der Waals surface area contributed by atoms with Crippen LogP contribution in [0.1, 0.15) is 121 Å². The lowest BCUT2D eigenvalue weighted by molar-refractivity contribution is -0.120. The molecule has 0 radical (unpaired) electrons. The van der Waals surface area contributed by atoms with Crippen molar-refractivity contribution in [2.45, 2.75) is 82.5 Å². The molecule has 4 aliphatic heterocycles. The van der Waals surface area contributed by atoms with Gasteiger partial charge in [0, 0.05) is 81.8 Å². The van der Waals surface area contributed by atoms with E-state index in [4.69, 9.17) is 5.53 Å². The number of anilines is 4. The van der Waals surface area contributed by atoms with Crippen LogP contribution in [0, 0.1) is 6.92 Å². The molecule has 4 fully saturated rings. The van der Waals surface area contributed by atoms with Crippen LogP contribution in [-0.2, 0) is 19.2 Å². The highest BCUT2D eigenvalue weighted by Crippen LogP contribution is 2.28. The van der Waals surface area contributed by atoms with Gasteiger partial charge in [0.2, 0.25) is 23.6 Å². The fourth-order valence-electron chi connectivity index (χ4n) is 12.4. The van der Waals surface area contributed by atoms with E-state index < -0.39 is 24.2 Å². The highest BCUT2D eigenvalue weighted by atomic mass is 16.2. The van der Waals surface area contributed by atoms with Crippen molar-refractivity contribution in [2.24, 2.45) is 5.11 Å². The van der Waals surface area contributed by atoms with Crippen LogP contribution in [-0.4, -0.2) is 117 Å². The maximum Gasteiger partial charge on any atom is 0.254 e. The fraction of sp³-hybridized carbons (Fsp3) is 0.221. The van der Waals surface area contributed by atoms with Crippen molar-refractivity contribution in [3.8, 4) is 0 Å². The van der Waals surface area contributed by atoms with Crippen LogP contribution in [0.3, 0.4) is 0 Å². The van der Waals surface area contributed by atoms with Gasteiger partial charge in [0.25, 0.3) is 23.6 Å². The second-order valence-corrected chi connectivity index (χ2v) is 24.1. The average molecular weight is 1280 g/mol. The maximum absolute atomic E-state index is 13.2. The number of azide groups is 1. The minimum absolute atomic E-state index is 0.120. The molecule has 0 aliphatic carbocycles. The number of aryl methyl sites for hydroxylation is 1. The Balaban J connectivity index is 0.000000196. The van der Waals surface area contributed by atoms with E-state index in [2.05, 4.69) is 31.3 Å². The summed E-state index contributed by atoms with van der Waals surface area (Å²) in [5.74, 6) is -1.40. The van der Waals surface area contributed by atoms with Crippen molar-refractivity contribution in [3.05, 3.63) is 267 Å². The van der Waals surface area contributed by atoms with Crippen LogP contribution >= 0.6 is 0 Å². The third-order valence-corrected chi connectivity index (χ3v) is 17.5. The first-order valence-corrected chi connectivity index (χ1v) is 32.3. The Kier molecular flexibility index (Phi) is 21.4. The van der Waals surface area contributed by atoms with Crippen LogP contribution in [0.5, 0.6) is 0 Å². The summed E-state index contributed by atoms with van der Waals surface area (Å²) in [5, 5.41) is 15.4. The Hall–Kier alpha value is -11.7. The third kappa shape index (κ3) is 16.6. The summed E-state index contributed by atoms with van der Waals surface area (Å²) in [5.41, 5.74) is 18.7. The van der Waals surface area contributed by atoms with E-state index in [1.807, 2.05) is 177 Å². The molecular weight excluding hydrogens is 1210 g/mol. The van der Waals surface area contributed by atoms with Gasteiger partial charge in [-0.25, -0.2) is 0 Å². The maximum atomic E-state index is 13.2. The molecule has 19 nitrogen and oxygen atoms in total. The van der Waals surface area contributed by atoms with Gasteiger partial charge in [-0.05, 0) is 183 Å². The molecule has 19 heteroatoms. The molecule has 0 unspecified atom stereocenters. The van der Waals surface area contributed by atoms with Gasteiger partial charge in [-0.3, -0.25) is 38.4 Å². The van der Waals surface area contributed by atoms with Crippen LogP contribution in [0.25, 0.3) is 34.7 Å². The van der Waals surface area contributed by atoms with E-state index in [-0.39, 0.29) is 47.3 Å². The average Bonchev–Trinajstić information content (AvgIpc) is 1.84. The molecule has 4 heterocycles. The monoisotopic (exact) mass is 1280 g/mol. The minimum Gasteiger partial charge on any atom is -0.327 e. The van der Waals surface area contributed by atoms with E-state index in [0.717, 1.165) is 53.5 Å². The van der Waals surface area contributed by atoms with E-state index in [0.29, 0.717) is 103 Å². The molecule has 0 saturated carbocycles. The van der Waals surface area contributed by atoms with Gasteiger partial charge in [0.05, 0.1) is 0 Å². The number of carbonyl (C=O) groups excluding carboxylic acids is 8. The normalized spacial score (nSPS) is 17.3. The highest BCUT2D eigenvalue weighted by molar-refractivity contribution is 6.05. The molecular formula is C77H73N11O8.